The number of carbonyl (C=O) groups excluding carboxylic acids is 2. The van der Waals surface area contributed by atoms with Crippen LogP contribution in [0.5, 0.6) is 0 Å². The molecule has 0 radical (unpaired) electrons. The smallest absolute Gasteiger partial charge is 0.311 e. The molecular weight excluding hydrogens is 327 g/mol. The molecule has 134 valence electrons. The summed E-state index contributed by atoms with van der Waals surface area (Å²) >= 11 is 0. The molecule has 1 aromatic rings. The fourth-order valence-corrected chi connectivity index (χ4v) is 3.60. The Kier molecular flexibility index (Phi) is 4.74. The maximum Gasteiger partial charge on any atom is 0.311 e. The summed E-state index contributed by atoms with van der Waals surface area (Å²) in [4.78, 5) is 37.4. The Balaban J connectivity index is 1.79. The largest absolute Gasteiger partial charge is 0.481 e. The van der Waals surface area contributed by atoms with Gasteiger partial charge in [0.15, 0.2) is 0 Å². The van der Waals surface area contributed by atoms with Gasteiger partial charge in [0.05, 0.1) is 12.1 Å². The molecule has 0 aromatic heterocycles. The highest BCUT2D eigenvalue weighted by atomic mass is 19.1. The van der Waals surface area contributed by atoms with Crippen molar-refractivity contribution in [2.75, 3.05) is 25.1 Å². The number of nitrogens with zero attached hydrogens (tertiary/aromatic N) is 1. The van der Waals surface area contributed by atoms with E-state index in [4.69, 9.17) is 0 Å². The lowest BCUT2D eigenvalue weighted by molar-refractivity contribution is -0.148. The number of carboxylic acid groups (broad SMARTS) is 1. The van der Waals surface area contributed by atoms with Gasteiger partial charge in [0.1, 0.15) is 0 Å². The van der Waals surface area contributed by atoms with Crippen LogP contribution >= 0.6 is 0 Å². The summed E-state index contributed by atoms with van der Waals surface area (Å²) in [5.41, 5.74) is 0.905. The zero-order valence-electron chi connectivity index (χ0n) is 13.9. The third-order valence-corrected chi connectivity index (χ3v) is 5.14. The zero-order valence-corrected chi connectivity index (χ0v) is 13.9. The average molecular weight is 348 g/mol. The number of nitrogens with one attached hydrogen (secondary N) is 1. The molecule has 1 unspecified atom stereocenters. The molecule has 1 fully saturated rings. The van der Waals surface area contributed by atoms with Crippen molar-refractivity contribution in [3.05, 3.63) is 29.3 Å². The van der Waals surface area contributed by atoms with Crippen molar-refractivity contribution in [1.82, 2.24) is 4.90 Å². The monoisotopic (exact) mass is 348 g/mol. The van der Waals surface area contributed by atoms with Crippen LogP contribution in [0.25, 0.3) is 0 Å². The highest BCUT2D eigenvalue weighted by molar-refractivity contribution is 5.97. The quantitative estimate of drug-likeness (QED) is 0.874. The Morgan fingerprint density at radius 3 is 2.84 bits per heavy atom. The second kappa shape index (κ2) is 6.82. The number of carbonyl (C=O) groups is 3. The van der Waals surface area contributed by atoms with E-state index in [-0.39, 0.29) is 31.2 Å². The van der Waals surface area contributed by atoms with Crippen molar-refractivity contribution in [2.45, 2.75) is 32.1 Å². The minimum absolute atomic E-state index is 0.0267. The van der Waals surface area contributed by atoms with E-state index in [1.54, 1.807) is 18.2 Å². The minimum Gasteiger partial charge on any atom is -0.481 e. The van der Waals surface area contributed by atoms with Crippen LogP contribution in [0.4, 0.5) is 10.1 Å². The van der Waals surface area contributed by atoms with Crippen molar-refractivity contribution in [2.24, 2.45) is 5.41 Å². The summed E-state index contributed by atoms with van der Waals surface area (Å²) in [7, 11) is 0. The molecule has 2 aliphatic heterocycles. The first-order chi connectivity index (χ1) is 11.9. The van der Waals surface area contributed by atoms with Crippen molar-refractivity contribution >= 4 is 23.5 Å². The Morgan fingerprint density at radius 1 is 1.32 bits per heavy atom. The Morgan fingerprint density at radius 2 is 2.12 bits per heavy atom. The molecule has 2 amide bonds. The summed E-state index contributed by atoms with van der Waals surface area (Å²) in [5.74, 6) is -1.33. The van der Waals surface area contributed by atoms with Crippen LogP contribution in [0, 0.1) is 5.41 Å². The summed E-state index contributed by atoms with van der Waals surface area (Å²) in [6, 6.07) is 5.12. The van der Waals surface area contributed by atoms with Gasteiger partial charge in [0.2, 0.25) is 5.91 Å². The predicted octanol–water partition coefficient (Wildman–Crippen LogP) is 2.24. The SMILES string of the molecule is O=C1CCCc2cc(C(=O)N3CCC(CCF)(C(=O)O)C3)ccc2N1. The number of likely N-dealkylation sites (tertiary alicyclic amines) is 1. The first-order valence-corrected chi connectivity index (χ1v) is 8.47. The minimum atomic E-state index is -1.19. The van der Waals surface area contributed by atoms with Crippen molar-refractivity contribution in [3.8, 4) is 0 Å². The molecule has 6 nitrogen and oxygen atoms in total. The van der Waals surface area contributed by atoms with Gasteiger partial charge in [-0.3, -0.25) is 18.8 Å². The lowest BCUT2D eigenvalue weighted by Gasteiger charge is -2.23. The van der Waals surface area contributed by atoms with Crippen LogP contribution < -0.4 is 5.32 Å². The van der Waals surface area contributed by atoms with Crippen molar-refractivity contribution in [1.29, 1.82) is 0 Å². The van der Waals surface area contributed by atoms with Gasteiger partial charge in [-0.2, -0.15) is 0 Å². The number of benzene rings is 1. The summed E-state index contributed by atoms with van der Waals surface area (Å²) < 4.78 is 12.8. The normalized spacial score (nSPS) is 22.9. The van der Waals surface area contributed by atoms with Crippen LogP contribution in [0.15, 0.2) is 18.2 Å². The van der Waals surface area contributed by atoms with Crippen LogP contribution in [-0.2, 0) is 16.0 Å². The number of alkyl halides is 1. The first kappa shape index (κ1) is 17.4. The number of hydrogen-bond acceptors (Lipinski definition) is 3. The molecule has 25 heavy (non-hydrogen) atoms. The molecule has 1 aromatic carbocycles. The van der Waals surface area contributed by atoms with Crippen LogP contribution in [0.1, 0.15) is 41.6 Å². The van der Waals surface area contributed by atoms with E-state index in [1.807, 2.05) is 0 Å². The summed E-state index contributed by atoms with van der Waals surface area (Å²) in [6.07, 6.45) is 2.06. The maximum absolute atomic E-state index is 12.8. The molecule has 0 bridgehead atoms. The van der Waals surface area contributed by atoms with E-state index in [9.17, 15) is 23.9 Å². The predicted molar refractivity (Wildman–Crippen MR) is 89.2 cm³/mol. The number of aryl methyl sites for hydroxylation is 1. The standard InChI is InChI=1S/C18H21FN2O4/c19-8-6-18(17(24)25)7-9-21(11-18)16(23)13-4-5-14-12(10-13)2-1-3-15(22)20-14/h4-5,10H,1-3,6-9,11H2,(H,20,22)(H,24,25). The second-order valence-corrected chi connectivity index (χ2v) is 6.77. The topological polar surface area (TPSA) is 86.7 Å². The molecule has 0 spiro atoms. The van der Waals surface area contributed by atoms with Gasteiger partial charge in [0.25, 0.3) is 5.91 Å². The molecule has 1 atom stereocenters. The van der Waals surface area contributed by atoms with Gasteiger partial charge in [-0.05, 0) is 49.4 Å². The van der Waals surface area contributed by atoms with E-state index in [0.29, 0.717) is 24.9 Å². The highest BCUT2D eigenvalue weighted by Crippen LogP contribution is 2.35. The maximum atomic E-state index is 12.8. The van der Waals surface area contributed by atoms with Gasteiger partial charge in [-0.1, -0.05) is 0 Å². The van der Waals surface area contributed by atoms with E-state index in [0.717, 1.165) is 17.7 Å². The fraction of sp³-hybridized carbons (Fsp3) is 0.500. The Bertz CT molecular complexity index is 721. The number of halogens is 1. The zero-order chi connectivity index (χ0) is 18.0. The van der Waals surface area contributed by atoms with Gasteiger partial charge >= 0.3 is 5.97 Å². The summed E-state index contributed by atoms with van der Waals surface area (Å²) in [6.45, 7) is -0.384. The van der Waals surface area contributed by atoms with Crippen molar-refractivity contribution < 1.29 is 23.9 Å². The molecule has 2 aliphatic rings. The van der Waals surface area contributed by atoms with Gasteiger partial charge in [0, 0.05) is 30.8 Å². The number of hydrogen-bond donors (Lipinski definition) is 2. The van der Waals surface area contributed by atoms with Gasteiger partial charge in [-0.15, -0.1) is 0 Å². The lowest BCUT2D eigenvalue weighted by Crippen LogP contribution is -2.37. The van der Waals surface area contributed by atoms with E-state index < -0.39 is 18.1 Å². The number of anilines is 1. The summed E-state index contributed by atoms with van der Waals surface area (Å²) in [5, 5.41) is 12.3. The Labute approximate surface area is 145 Å². The number of rotatable bonds is 4. The highest BCUT2D eigenvalue weighted by Gasteiger charge is 2.46. The van der Waals surface area contributed by atoms with Crippen molar-refractivity contribution in [3.63, 3.8) is 0 Å². The molecular formula is C18H21FN2O4. The molecule has 2 N–H and O–H groups in total. The molecule has 7 heteroatoms. The van der Waals surface area contributed by atoms with Crippen LogP contribution in [-0.4, -0.2) is 47.6 Å². The number of aliphatic carboxylic acids is 1. The average Bonchev–Trinajstić information content (AvgIpc) is 2.92. The molecule has 0 saturated carbocycles. The van der Waals surface area contributed by atoms with Crippen LogP contribution in [0.2, 0.25) is 0 Å². The Hall–Kier alpha value is -2.44. The van der Waals surface area contributed by atoms with Gasteiger partial charge < -0.3 is 15.3 Å². The third kappa shape index (κ3) is 3.36. The first-order valence-electron chi connectivity index (χ1n) is 8.47. The number of amides is 2. The number of fused-ring (bicyclic) bond motifs is 1. The molecule has 1 saturated heterocycles. The number of carboxylic acids is 1. The third-order valence-electron chi connectivity index (χ3n) is 5.14. The second-order valence-electron chi connectivity index (χ2n) is 6.77. The molecule has 0 aliphatic carbocycles. The molecule has 3 rings (SSSR count). The fourth-order valence-electron chi connectivity index (χ4n) is 3.60. The van der Waals surface area contributed by atoms with Gasteiger partial charge in [-0.25, -0.2) is 0 Å². The van der Waals surface area contributed by atoms with E-state index >= 15 is 0 Å². The van der Waals surface area contributed by atoms with E-state index in [1.165, 1.54) is 4.90 Å². The van der Waals surface area contributed by atoms with Crippen LogP contribution in [0.3, 0.4) is 0 Å². The molecule has 2 heterocycles. The lowest BCUT2D eigenvalue weighted by atomic mass is 9.84. The van der Waals surface area contributed by atoms with E-state index in [2.05, 4.69) is 5.32 Å².